The van der Waals surface area contributed by atoms with Crippen molar-refractivity contribution in [3.8, 4) is 17.2 Å². The summed E-state index contributed by atoms with van der Waals surface area (Å²) in [5.41, 5.74) is 1.38. The maximum Gasteiger partial charge on any atom is 0.324 e. The molecule has 2 aromatic rings. The molecular weight excluding hydrogens is 491 g/mol. The smallest absolute Gasteiger partial charge is 0.324 e. The summed E-state index contributed by atoms with van der Waals surface area (Å²) in [4.78, 5) is 17.0. The van der Waals surface area contributed by atoms with Gasteiger partial charge in [-0.2, -0.15) is 0 Å². The number of rotatable bonds is 11. The molecule has 0 N–H and O–H groups in total. The highest BCUT2D eigenvalue weighted by Crippen LogP contribution is 2.34. The van der Waals surface area contributed by atoms with Crippen molar-refractivity contribution in [2.24, 2.45) is 5.92 Å². The van der Waals surface area contributed by atoms with Gasteiger partial charge >= 0.3 is 6.03 Å². The van der Waals surface area contributed by atoms with E-state index in [0.717, 1.165) is 30.3 Å². The van der Waals surface area contributed by atoms with Crippen LogP contribution in [0.25, 0.3) is 0 Å². The zero-order chi connectivity index (χ0) is 23.8. The number of nitrogens with zero attached hydrogens (tertiary/aromatic N) is 2. The molecule has 0 saturated carbocycles. The first-order chi connectivity index (χ1) is 16.0. The van der Waals surface area contributed by atoms with E-state index in [4.69, 9.17) is 14.2 Å². The number of unbranched alkanes of at least 4 members (excludes halogenated alkanes) is 2. The first-order valence-electron chi connectivity index (χ1n) is 11.3. The van der Waals surface area contributed by atoms with Crippen molar-refractivity contribution >= 4 is 27.6 Å². The highest BCUT2D eigenvalue weighted by molar-refractivity contribution is 9.09. The minimum atomic E-state index is -0.357. The van der Waals surface area contributed by atoms with Crippen LogP contribution in [0.3, 0.4) is 0 Å². The number of amides is 2. The molecule has 33 heavy (non-hydrogen) atoms. The third kappa shape index (κ3) is 6.31. The Bertz CT molecular complexity index is 943. The molecular formula is C25H32BrFN2O4. The summed E-state index contributed by atoms with van der Waals surface area (Å²) >= 11 is 3.58. The van der Waals surface area contributed by atoms with E-state index in [0.29, 0.717) is 42.5 Å². The number of hydrogen-bond acceptors (Lipinski definition) is 4. The maximum atomic E-state index is 13.9. The van der Waals surface area contributed by atoms with Crippen LogP contribution in [0.5, 0.6) is 17.2 Å². The molecule has 2 aromatic carbocycles. The summed E-state index contributed by atoms with van der Waals surface area (Å²) in [7, 11) is 3.15. The Morgan fingerprint density at radius 2 is 1.79 bits per heavy atom. The van der Waals surface area contributed by atoms with Crippen LogP contribution in [-0.2, 0) is 6.54 Å². The normalized spacial score (nSPS) is 16.2. The van der Waals surface area contributed by atoms with Gasteiger partial charge in [-0.05, 0) is 36.8 Å². The van der Waals surface area contributed by atoms with Crippen LogP contribution >= 0.6 is 15.9 Å². The van der Waals surface area contributed by atoms with E-state index in [1.54, 1.807) is 30.1 Å². The molecule has 8 heteroatoms. The molecule has 0 radical (unpaired) electrons. The lowest BCUT2D eigenvalue weighted by Crippen LogP contribution is -2.53. The third-order valence-corrected chi connectivity index (χ3v) is 6.62. The number of anilines is 1. The molecule has 1 aliphatic rings. The van der Waals surface area contributed by atoms with E-state index in [1.807, 2.05) is 18.2 Å². The van der Waals surface area contributed by atoms with Gasteiger partial charge in [-0.25, -0.2) is 9.18 Å². The van der Waals surface area contributed by atoms with Gasteiger partial charge in [0.15, 0.2) is 11.5 Å². The van der Waals surface area contributed by atoms with Gasteiger partial charge in [0, 0.05) is 41.7 Å². The van der Waals surface area contributed by atoms with Crippen molar-refractivity contribution in [2.75, 3.05) is 44.1 Å². The van der Waals surface area contributed by atoms with Crippen molar-refractivity contribution < 1.29 is 23.4 Å². The van der Waals surface area contributed by atoms with Gasteiger partial charge in [-0.1, -0.05) is 35.7 Å². The van der Waals surface area contributed by atoms with Gasteiger partial charge in [0.1, 0.15) is 11.6 Å². The van der Waals surface area contributed by atoms with E-state index in [-0.39, 0.29) is 24.3 Å². The maximum absolute atomic E-state index is 13.9. The number of alkyl halides is 1. The van der Waals surface area contributed by atoms with Gasteiger partial charge in [0.2, 0.25) is 0 Å². The fourth-order valence-electron chi connectivity index (χ4n) is 3.96. The van der Waals surface area contributed by atoms with Crippen molar-refractivity contribution in [1.82, 2.24) is 4.90 Å². The van der Waals surface area contributed by atoms with Gasteiger partial charge < -0.3 is 19.1 Å². The Hall–Kier alpha value is -2.48. The fourth-order valence-corrected chi connectivity index (χ4v) is 4.37. The second-order valence-electron chi connectivity index (χ2n) is 8.14. The largest absolute Gasteiger partial charge is 0.496 e. The minimum absolute atomic E-state index is 0.138. The van der Waals surface area contributed by atoms with E-state index in [9.17, 15) is 9.18 Å². The van der Waals surface area contributed by atoms with Crippen LogP contribution in [0.2, 0.25) is 0 Å². The molecule has 180 valence electrons. The highest BCUT2D eigenvalue weighted by Gasteiger charge is 2.33. The van der Waals surface area contributed by atoms with Gasteiger partial charge in [0.25, 0.3) is 0 Å². The van der Waals surface area contributed by atoms with Crippen LogP contribution in [0.15, 0.2) is 36.4 Å². The quantitative estimate of drug-likeness (QED) is 0.273. The van der Waals surface area contributed by atoms with Crippen LogP contribution < -0.4 is 19.1 Å². The Morgan fingerprint density at radius 1 is 1.03 bits per heavy atom. The van der Waals surface area contributed by atoms with Crippen LogP contribution in [0, 0.1) is 11.7 Å². The predicted molar refractivity (Wildman–Crippen MR) is 131 cm³/mol. The number of hydrogen-bond donors (Lipinski definition) is 0. The number of methoxy groups -OCH3 is 2. The molecule has 1 fully saturated rings. The molecule has 1 unspecified atom stereocenters. The molecule has 0 spiro atoms. The minimum Gasteiger partial charge on any atom is -0.496 e. The zero-order valence-electron chi connectivity index (χ0n) is 19.5. The summed E-state index contributed by atoms with van der Waals surface area (Å²) < 4.78 is 30.7. The van der Waals surface area contributed by atoms with Gasteiger partial charge in [0.05, 0.1) is 27.4 Å². The van der Waals surface area contributed by atoms with Gasteiger partial charge in [-0.3, -0.25) is 4.90 Å². The Kier molecular flexibility index (Phi) is 9.23. The lowest BCUT2D eigenvalue weighted by atomic mass is 10.1. The monoisotopic (exact) mass is 522 g/mol. The molecule has 1 heterocycles. The Labute approximate surface area is 203 Å². The number of carbonyl (C=O) groups excluding carboxylic acids is 1. The predicted octanol–water partition coefficient (Wildman–Crippen LogP) is 5.87. The van der Waals surface area contributed by atoms with E-state index < -0.39 is 0 Å². The standard InChI is InChI=1S/C25H32BrFN2O4/c1-4-5-6-11-33-24-13-21(8-10-23(24)32-3)29-16-18(14-26)15-28(25(29)30)17-19-12-20(27)7-9-22(19)31-2/h7-10,12-13,18H,4-6,11,14-17H2,1-3H3. The molecule has 1 atom stereocenters. The SMILES string of the molecule is CCCCCOc1cc(N2CC(CBr)CN(Cc3cc(F)ccc3OC)C2=O)ccc1OC. The van der Waals surface area contributed by atoms with Gasteiger partial charge in [-0.15, -0.1) is 0 Å². The van der Waals surface area contributed by atoms with Crippen molar-refractivity contribution in [1.29, 1.82) is 0 Å². The van der Waals surface area contributed by atoms with E-state index >= 15 is 0 Å². The van der Waals surface area contributed by atoms with Crippen LogP contribution in [0.1, 0.15) is 31.7 Å². The third-order valence-electron chi connectivity index (χ3n) is 5.71. The number of urea groups is 1. The molecule has 6 nitrogen and oxygen atoms in total. The topological polar surface area (TPSA) is 51.2 Å². The first kappa shape index (κ1) is 25.1. The van der Waals surface area contributed by atoms with Crippen molar-refractivity contribution in [2.45, 2.75) is 32.7 Å². The summed E-state index contributed by atoms with van der Waals surface area (Å²) in [5, 5.41) is 0.740. The van der Waals surface area contributed by atoms with Crippen molar-refractivity contribution in [3.63, 3.8) is 0 Å². The molecule has 0 aromatic heterocycles. The van der Waals surface area contributed by atoms with E-state index in [1.165, 1.54) is 12.1 Å². The number of halogens is 2. The second-order valence-corrected chi connectivity index (χ2v) is 8.79. The number of carbonyl (C=O) groups is 1. The molecule has 0 aliphatic carbocycles. The Morgan fingerprint density at radius 3 is 2.48 bits per heavy atom. The van der Waals surface area contributed by atoms with E-state index in [2.05, 4.69) is 22.9 Å². The average Bonchev–Trinajstić information content (AvgIpc) is 2.83. The Balaban J connectivity index is 1.85. The summed E-state index contributed by atoms with van der Waals surface area (Å²) in [6, 6.07) is 9.78. The number of ether oxygens (including phenoxy) is 3. The molecule has 3 rings (SSSR count). The fraction of sp³-hybridized carbons (Fsp3) is 0.480. The zero-order valence-corrected chi connectivity index (χ0v) is 21.1. The second kappa shape index (κ2) is 12.1. The first-order valence-corrected chi connectivity index (χ1v) is 12.4. The van der Waals surface area contributed by atoms with Crippen molar-refractivity contribution in [3.05, 3.63) is 47.8 Å². The number of benzene rings is 2. The highest BCUT2D eigenvalue weighted by atomic mass is 79.9. The summed E-state index contributed by atoms with van der Waals surface area (Å²) in [6.45, 7) is 4.14. The molecule has 1 aliphatic heterocycles. The summed E-state index contributed by atoms with van der Waals surface area (Å²) in [6.07, 6.45) is 3.17. The molecule has 2 amide bonds. The average molecular weight is 523 g/mol. The molecule has 1 saturated heterocycles. The lowest BCUT2D eigenvalue weighted by Gasteiger charge is -2.40. The van der Waals surface area contributed by atoms with Crippen LogP contribution in [0.4, 0.5) is 14.9 Å². The van der Waals surface area contributed by atoms with Crippen LogP contribution in [-0.4, -0.2) is 50.2 Å². The summed E-state index contributed by atoms with van der Waals surface area (Å²) in [5.74, 6) is 1.67. The molecule has 0 bridgehead atoms. The lowest BCUT2D eigenvalue weighted by molar-refractivity contribution is 0.178.